The van der Waals surface area contributed by atoms with E-state index >= 15 is 0 Å². The summed E-state index contributed by atoms with van der Waals surface area (Å²) in [6, 6.07) is 9.43. The van der Waals surface area contributed by atoms with Gasteiger partial charge in [0, 0.05) is 16.8 Å². The third kappa shape index (κ3) is 2.75. The molecule has 0 atom stereocenters. The zero-order valence-electron chi connectivity index (χ0n) is 8.65. The summed E-state index contributed by atoms with van der Waals surface area (Å²) < 4.78 is 5.45. The van der Waals surface area contributed by atoms with Crippen LogP contribution in [0.5, 0.6) is 17.2 Å². The molecule has 0 aliphatic heterocycles. The fourth-order valence-electron chi connectivity index (χ4n) is 1.30. The highest BCUT2D eigenvalue weighted by Gasteiger charge is 2.07. The molecule has 0 aliphatic rings. The normalized spacial score (nSPS) is 10.2. The van der Waals surface area contributed by atoms with Crippen LogP contribution in [0.2, 0.25) is 10.0 Å². The molecule has 0 amide bonds. The third-order valence-electron chi connectivity index (χ3n) is 2.10. The Morgan fingerprint density at radius 2 is 1.71 bits per heavy atom. The number of phenolic OH excluding ortho intramolecular Hbond substituents is 1. The molecule has 0 aromatic heterocycles. The monoisotopic (exact) mass is 269 g/mol. The molecule has 0 saturated carbocycles. The highest BCUT2D eigenvalue weighted by molar-refractivity contribution is 6.35. The van der Waals surface area contributed by atoms with Gasteiger partial charge in [0.15, 0.2) is 11.5 Å². The molecular formula is C12H9Cl2NO2. The lowest BCUT2D eigenvalue weighted by Gasteiger charge is -2.09. The first-order valence-electron chi connectivity index (χ1n) is 4.77. The van der Waals surface area contributed by atoms with Gasteiger partial charge in [-0.15, -0.1) is 0 Å². The Balaban J connectivity index is 2.31. The second kappa shape index (κ2) is 4.73. The van der Waals surface area contributed by atoms with E-state index in [2.05, 4.69) is 0 Å². The summed E-state index contributed by atoms with van der Waals surface area (Å²) in [5.41, 5.74) is 5.97. The Labute approximate surface area is 108 Å². The van der Waals surface area contributed by atoms with E-state index in [1.54, 1.807) is 30.3 Å². The van der Waals surface area contributed by atoms with Gasteiger partial charge in [-0.1, -0.05) is 23.2 Å². The Kier molecular flexibility index (Phi) is 3.31. The second-order valence-electron chi connectivity index (χ2n) is 3.40. The van der Waals surface area contributed by atoms with Crippen LogP contribution in [0, 0.1) is 0 Å². The van der Waals surface area contributed by atoms with E-state index in [0.29, 0.717) is 21.5 Å². The molecule has 5 heteroatoms. The van der Waals surface area contributed by atoms with Crippen LogP contribution in [-0.2, 0) is 0 Å². The Morgan fingerprint density at radius 3 is 2.35 bits per heavy atom. The van der Waals surface area contributed by atoms with Crippen molar-refractivity contribution in [3.8, 4) is 17.2 Å². The first-order valence-corrected chi connectivity index (χ1v) is 5.53. The summed E-state index contributed by atoms with van der Waals surface area (Å²) in [7, 11) is 0. The van der Waals surface area contributed by atoms with E-state index in [9.17, 15) is 5.11 Å². The van der Waals surface area contributed by atoms with Crippen molar-refractivity contribution in [2.45, 2.75) is 0 Å². The zero-order valence-corrected chi connectivity index (χ0v) is 10.2. The van der Waals surface area contributed by atoms with Gasteiger partial charge in [-0.25, -0.2) is 0 Å². The molecule has 17 heavy (non-hydrogen) atoms. The summed E-state index contributed by atoms with van der Waals surface area (Å²) >= 11 is 11.7. The average Bonchev–Trinajstić information content (AvgIpc) is 2.25. The van der Waals surface area contributed by atoms with Crippen LogP contribution in [0.3, 0.4) is 0 Å². The van der Waals surface area contributed by atoms with Gasteiger partial charge in [0.05, 0.1) is 5.02 Å². The van der Waals surface area contributed by atoms with E-state index < -0.39 is 0 Å². The van der Waals surface area contributed by atoms with Crippen molar-refractivity contribution in [1.82, 2.24) is 0 Å². The Hall–Kier alpha value is -1.58. The van der Waals surface area contributed by atoms with Crippen molar-refractivity contribution in [1.29, 1.82) is 0 Å². The molecule has 0 unspecified atom stereocenters. The Morgan fingerprint density at radius 1 is 1.00 bits per heavy atom. The predicted octanol–water partition coefficient (Wildman–Crippen LogP) is 4.07. The molecule has 0 aliphatic carbocycles. The number of anilines is 1. The average molecular weight is 270 g/mol. The summed E-state index contributed by atoms with van der Waals surface area (Å²) in [5, 5.41) is 10.5. The van der Waals surface area contributed by atoms with Gasteiger partial charge in [-0.3, -0.25) is 0 Å². The van der Waals surface area contributed by atoms with Gasteiger partial charge >= 0.3 is 0 Å². The first-order chi connectivity index (χ1) is 8.06. The van der Waals surface area contributed by atoms with Gasteiger partial charge in [0.25, 0.3) is 0 Å². The second-order valence-corrected chi connectivity index (χ2v) is 4.25. The smallest absolute Gasteiger partial charge is 0.169 e. The largest absolute Gasteiger partial charge is 0.504 e. The van der Waals surface area contributed by atoms with Crippen molar-refractivity contribution >= 4 is 28.9 Å². The predicted molar refractivity (Wildman–Crippen MR) is 69.1 cm³/mol. The number of nitrogen functional groups attached to an aromatic ring is 1. The molecule has 3 nitrogen and oxygen atoms in total. The third-order valence-corrected chi connectivity index (χ3v) is 2.63. The molecule has 0 saturated heterocycles. The lowest BCUT2D eigenvalue weighted by molar-refractivity contribution is 0.412. The highest BCUT2D eigenvalue weighted by atomic mass is 35.5. The standard InChI is InChI=1S/C12H9Cl2NO2/c13-7-1-3-11(9(14)5-7)17-12-4-2-8(15)6-10(12)16/h1-6,16H,15H2. The summed E-state index contributed by atoms with van der Waals surface area (Å²) in [4.78, 5) is 0. The molecular weight excluding hydrogens is 261 g/mol. The lowest BCUT2D eigenvalue weighted by atomic mass is 10.3. The number of nitrogens with two attached hydrogens (primary N) is 1. The summed E-state index contributed by atoms with van der Waals surface area (Å²) in [6.07, 6.45) is 0. The number of hydrogen-bond acceptors (Lipinski definition) is 3. The first kappa shape index (κ1) is 11.9. The van der Waals surface area contributed by atoms with Gasteiger partial charge in [-0.05, 0) is 30.3 Å². The fourth-order valence-corrected chi connectivity index (χ4v) is 1.74. The van der Waals surface area contributed by atoms with E-state index in [1.807, 2.05) is 0 Å². The zero-order chi connectivity index (χ0) is 12.4. The minimum atomic E-state index is -0.0454. The molecule has 0 radical (unpaired) electrons. The number of aromatic hydroxyl groups is 1. The van der Waals surface area contributed by atoms with Crippen molar-refractivity contribution in [2.75, 3.05) is 5.73 Å². The number of benzene rings is 2. The van der Waals surface area contributed by atoms with E-state index in [0.717, 1.165) is 0 Å². The number of rotatable bonds is 2. The van der Waals surface area contributed by atoms with Gasteiger partial charge in [-0.2, -0.15) is 0 Å². The molecule has 88 valence electrons. The molecule has 2 aromatic rings. The molecule has 0 fully saturated rings. The van der Waals surface area contributed by atoms with Crippen LogP contribution < -0.4 is 10.5 Å². The van der Waals surface area contributed by atoms with Gasteiger partial charge < -0.3 is 15.6 Å². The van der Waals surface area contributed by atoms with E-state index in [-0.39, 0.29) is 11.5 Å². The molecule has 3 N–H and O–H groups in total. The maximum Gasteiger partial charge on any atom is 0.169 e. The summed E-state index contributed by atoms with van der Waals surface area (Å²) in [5.74, 6) is 0.649. The fraction of sp³-hybridized carbons (Fsp3) is 0. The number of halogens is 2. The van der Waals surface area contributed by atoms with E-state index in [4.69, 9.17) is 33.7 Å². The van der Waals surface area contributed by atoms with Crippen LogP contribution in [0.4, 0.5) is 5.69 Å². The maximum atomic E-state index is 9.62. The highest BCUT2D eigenvalue weighted by Crippen LogP contribution is 2.36. The SMILES string of the molecule is Nc1ccc(Oc2ccc(Cl)cc2Cl)c(O)c1. The van der Waals surface area contributed by atoms with Crippen molar-refractivity contribution in [3.63, 3.8) is 0 Å². The number of phenols is 1. The van der Waals surface area contributed by atoms with Gasteiger partial charge in [0.2, 0.25) is 0 Å². The van der Waals surface area contributed by atoms with Crippen molar-refractivity contribution < 1.29 is 9.84 Å². The Bertz CT molecular complexity index is 509. The number of hydrogen-bond donors (Lipinski definition) is 2. The molecule has 0 bridgehead atoms. The molecule has 0 heterocycles. The van der Waals surface area contributed by atoms with Crippen molar-refractivity contribution in [2.24, 2.45) is 0 Å². The van der Waals surface area contributed by atoms with Crippen LogP contribution in [0.15, 0.2) is 36.4 Å². The molecule has 2 aromatic carbocycles. The van der Waals surface area contributed by atoms with Crippen LogP contribution in [0.25, 0.3) is 0 Å². The molecule has 0 spiro atoms. The van der Waals surface area contributed by atoms with Crippen LogP contribution >= 0.6 is 23.2 Å². The van der Waals surface area contributed by atoms with Gasteiger partial charge in [0.1, 0.15) is 5.75 Å². The van der Waals surface area contributed by atoms with Crippen LogP contribution in [-0.4, -0.2) is 5.11 Å². The quantitative estimate of drug-likeness (QED) is 0.808. The van der Waals surface area contributed by atoms with E-state index in [1.165, 1.54) is 6.07 Å². The summed E-state index contributed by atoms with van der Waals surface area (Å²) in [6.45, 7) is 0. The van der Waals surface area contributed by atoms with Crippen LogP contribution in [0.1, 0.15) is 0 Å². The number of ether oxygens (including phenoxy) is 1. The minimum absolute atomic E-state index is 0.0454. The van der Waals surface area contributed by atoms with Crippen molar-refractivity contribution in [3.05, 3.63) is 46.4 Å². The molecule has 2 rings (SSSR count). The lowest BCUT2D eigenvalue weighted by Crippen LogP contribution is -1.88. The minimum Gasteiger partial charge on any atom is -0.504 e. The maximum absolute atomic E-state index is 9.62. The topological polar surface area (TPSA) is 55.5 Å².